The number of hydrogen-bond donors (Lipinski definition) is 2. The SMILES string of the molecule is C#CCCCNc1ncc(C(=O)O)cc1Cl. The number of carbonyl (C=O) groups is 1. The van der Waals surface area contributed by atoms with Crippen LogP contribution in [-0.4, -0.2) is 22.6 Å². The summed E-state index contributed by atoms with van der Waals surface area (Å²) in [4.78, 5) is 14.5. The number of aromatic carboxylic acids is 1. The minimum absolute atomic E-state index is 0.0687. The first-order valence-corrected chi connectivity index (χ1v) is 5.09. The molecule has 0 bridgehead atoms. The normalized spacial score (nSPS) is 9.50. The lowest BCUT2D eigenvalue weighted by Crippen LogP contribution is -2.05. The summed E-state index contributed by atoms with van der Waals surface area (Å²) in [6.07, 6.45) is 7.86. The van der Waals surface area contributed by atoms with Gasteiger partial charge in [0.15, 0.2) is 0 Å². The van der Waals surface area contributed by atoms with Gasteiger partial charge in [0.05, 0.1) is 10.6 Å². The number of aromatic nitrogens is 1. The molecule has 0 aromatic carbocycles. The van der Waals surface area contributed by atoms with E-state index in [0.29, 0.717) is 23.8 Å². The van der Waals surface area contributed by atoms with E-state index >= 15 is 0 Å². The van der Waals surface area contributed by atoms with Gasteiger partial charge in [-0.15, -0.1) is 12.3 Å². The molecule has 0 amide bonds. The third-order valence-electron chi connectivity index (χ3n) is 1.88. The van der Waals surface area contributed by atoms with Crippen LogP contribution in [0.1, 0.15) is 23.2 Å². The number of nitrogens with one attached hydrogen (secondary N) is 1. The van der Waals surface area contributed by atoms with Crippen molar-refractivity contribution >= 4 is 23.4 Å². The molecule has 0 aliphatic heterocycles. The maximum Gasteiger partial charge on any atom is 0.337 e. The lowest BCUT2D eigenvalue weighted by molar-refractivity contribution is 0.0696. The molecule has 0 aliphatic carbocycles. The largest absolute Gasteiger partial charge is 0.478 e. The average Bonchev–Trinajstić information content (AvgIpc) is 2.26. The summed E-state index contributed by atoms with van der Waals surface area (Å²) >= 11 is 5.86. The Balaban J connectivity index is 2.62. The van der Waals surface area contributed by atoms with Crippen molar-refractivity contribution in [1.82, 2.24) is 4.98 Å². The molecular weight excluding hydrogens is 228 g/mol. The number of terminal acetylenes is 1. The van der Waals surface area contributed by atoms with Crippen molar-refractivity contribution in [1.29, 1.82) is 0 Å². The van der Waals surface area contributed by atoms with Gasteiger partial charge < -0.3 is 10.4 Å². The Morgan fingerprint density at radius 1 is 1.69 bits per heavy atom. The third-order valence-corrected chi connectivity index (χ3v) is 2.17. The Kier molecular flexibility index (Phi) is 4.62. The van der Waals surface area contributed by atoms with Crippen LogP contribution >= 0.6 is 11.6 Å². The molecule has 0 unspecified atom stereocenters. The van der Waals surface area contributed by atoms with Crippen molar-refractivity contribution in [3.63, 3.8) is 0 Å². The molecule has 16 heavy (non-hydrogen) atoms. The van der Waals surface area contributed by atoms with Gasteiger partial charge in [0, 0.05) is 19.2 Å². The third kappa shape index (κ3) is 3.44. The molecule has 84 valence electrons. The molecule has 0 saturated carbocycles. The standard InChI is InChI=1S/C11H11ClN2O2/c1-2-3-4-5-13-10-9(12)6-8(7-14-10)11(15)16/h1,6-7H,3-5H2,(H,13,14)(H,15,16). The lowest BCUT2D eigenvalue weighted by atomic mass is 10.3. The summed E-state index contributed by atoms with van der Waals surface area (Å²) in [6.45, 7) is 0.656. The first kappa shape index (κ1) is 12.3. The first-order chi connectivity index (χ1) is 7.65. The smallest absolute Gasteiger partial charge is 0.337 e. The van der Waals surface area contributed by atoms with E-state index in [9.17, 15) is 4.79 Å². The van der Waals surface area contributed by atoms with Crippen LogP contribution in [0, 0.1) is 12.3 Å². The zero-order valence-electron chi connectivity index (χ0n) is 8.53. The molecule has 1 aromatic heterocycles. The Hall–Kier alpha value is -1.73. The second kappa shape index (κ2) is 5.99. The van der Waals surface area contributed by atoms with E-state index < -0.39 is 5.97 Å². The molecule has 1 aromatic rings. The highest BCUT2D eigenvalue weighted by Crippen LogP contribution is 2.19. The molecule has 0 spiro atoms. The molecule has 0 saturated heterocycles. The van der Waals surface area contributed by atoms with Gasteiger partial charge in [0.25, 0.3) is 0 Å². The number of halogens is 1. The van der Waals surface area contributed by atoms with E-state index in [1.165, 1.54) is 12.3 Å². The minimum Gasteiger partial charge on any atom is -0.478 e. The first-order valence-electron chi connectivity index (χ1n) is 4.71. The summed E-state index contributed by atoms with van der Waals surface area (Å²) in [6, 6.07) is 1.36. The molecule has 0 radical (unpaired) electrons. The van der Waals surface area contributed by atoms with Crippen molar-refractivity contribution < 1.29 is 9.90 Å². The molecule has 1 heterocycles. The Morgan fingerprint density at radius 2 is 2.44 bits per heavy atom. The number of rotatable bonds is 5. The van der Waals surface area contributed by atoms with Crippen molar-refractivity contribution in [2.75, 3.05) is 11.9 Å². The summed E-state index contributed by atoms with van der Waals surface area (Å²) in [5.74, 6) is 1.95. The van der Waals surface area contributed by atoms with Gasteiger partial charge in [-0.05, 0) is 12.5 Å². The maximum atomic E-state index is 10.6. The van der Waals surface area contributed by atoms with Crippen molar-refractivity contribution in [2.24, 2.45) is 0 Å². The number of pyridine rings is 1. The van der Waals surface area contributed by atoms with E-state index in [2.05, 4.69) is 16.2 Å². The highest BCUT2D eigenvalue weighted by Gasteiger charge is 2.07. The number of carboxylic acids is 1. The van der Waals surface area contributed by atoms with Crippen molar-refractivity contribution in [3.05, 3.63) is 22.8 Å². The summed E-state index contributed by atoms with van der Waals surface area (Å²) in [7, 11) is 0. The van der Waals surface area contributed by atoms with Crippen LogP contribution in [-0.2, 0) is 0 Å². The Bertz CT molecular complexity index is 426. The van der Waals surface area contributed by atoms with Gasteiger partial charge in [-0.25, -0.2) is 9.78 Å². The second-order valence-electron chi connectivity index (χ2n) is 3.09. The zero-order chi connectivity index (χ0) is 12.0. The molecule has 4 nitrogen and oxygen atoms in total. The van der Waals surface area contributed by atoms with Gasteiger partial charge in [0.2, 0.25) is 0 Å². The predicted octanol–water partition coefficient (Wildman–Crippen LogP) is 2.26. The van der Waals surface area contributed by atoms with Crippen molar-refractivity contribution in [3.8, 4) is 12.3 Å². The quantitative estimate of drug-likeness (QED) is 0.610. The molecule has 5 heteroatoms. The second-order valence-corrected chi connectivity index (χ2v) is 3.50. The van der Waals surface area contributed by atoms with E-state index in [4.69, 9.17) is 23.1 Å². The van der Waals surface area contributed by atoms with Gasteiger partial charge in [-0.1, -0.05) is 11.6 Å². The van der Waals surface area contributed by atoms with E-state index in [0.717, 1.165) is 6.42 Å². The number of nitrogens with zero attached hydrogens (tertiary/aromatic N) is 1. The minimum atomic E-state index is -1.05. The molecule has 2 N–H and O–H groups in total. The molecule has 0 atom stereocenters. The maximum absolute atomic E-state index is 10.6. The fourth-order valence-electron chi connectivity index (χ4n) is 1.08. The lowest BCUT2D eigenvalue weighted by Gasteiger charge is -2.06. The van der Waals surface area contributed by atoms with Gasteiger partial charge in [-0.3, -0.25) is 0 Å². The van der Waals surface area contributed by atoms with E-state index in [-0.39, 0.29) is 5.56 Å². The molecular formula is C11H11ClN2O2. The summed E-state index contributed by atoms with van der Waals surface area (Å²) in [5, 5.41) is 12.0. The highest BCUT2D eigenvalue weighted by molar-refractivity contribution is 6.33. The summed E-state index contributed by atoms with van der Waals surface area (Å²) < 4.78 is 0. The van der Waals surface area contributed by atoms with Crippen LogP contribution < -0.4 is 5.32 Å². The topological polar surface area (TPSA) is 62.2 Å². The monoisotopic (exact) mass is 238 g/mol. The van der Waals surface area contributed by atoms with Crippen LogP contribution in [0.25, 0.3) is 0 Å². The average molecular weight is 239 g/mol. The number of hydrogen-bond acceptors (Lipinski definition) is 3. The van der Waals surface area contributed by atoms with E-state index in [1.807, 2.05) is 0 Å². The molecule has 0 fully saturated rings. The predicted molar refractivity (Wildman–Crippen MR) is 62.8 cm³/mol. The van der Waals surface area contributed by atoms with Crippen molar-refractivity contribution in [2.45, 2.75) is 12.8 Å². The van der Waals surface area contributed by atoms with Gasteiger partial charge in [0.1, 0.15) is 5.82 Å². The van der Waals surface area contributed by atoms with Gasteiger partial charge >= 0.3 is 5.97 Å². The fraction of sp³-hybridized carbons (Fsp3) is 0.273. The summed E-state index contributed by atoms with van der Waals surface area (Å²) in [5.41, 5.74) is 0.0687. The number of anilines is 1. The molecule has 1 rings (SSSR count). The fourth-order valence-corrected chi connectivity index (χ4v) is 1.32. The molecule has 0 aliphatic rings. The van der Waals surface area contributed by atoms with Crippen LogP contribution in [0.2, 0.25) is 5.02 Å². The van der Waals surface area contributed by atoms with Crippen LogP contribution in [0.15, 0.2) is 12.3 Å². The number of carboxylic acid groups (broad SMARTS) is 1. The number of unbranched alkanes of at least 4 members (excludes halogenated alkanes) is 1. The van der Waals surface area contributed by atoms with Crippen LogP contribution in [0.4, 0.5) is 5.82 Å². The van der Waals surface area contributed by atoms with E-state index in [1.54, 1.807) is 0 Å². The van der Waals surface area contributed by atoms with Crippen LogP contribution in [0.5, 0.6) is 0 Å². The Labute approximate surface area is 98.6 Å². The van der Waals surface area contributed by atoms with Gasteiger partial charge in [-0.2, -0.15) is 0 Å². The highest BCUT2D eigenvalue weighted by atomic mass is 35.5. The van der Waals surface area contributed by atoms with Crippen LogP contribution in [0.3, 0.4) is 0 Å². The Morgan fingerprint density at radius 3 is 3.00 bits per heavy atom. The zero-order valence-corrected chi connectivity index (χ0v) is 9.29.